The first-order valence-corrected chi connectivity index (χ1v) is 6.81. The van der Waals surface area contributed by atoms with Gasteiger partial charge in [0.15, 0.2) is 0 Å². The lowest BCUT2D eigenvalue weighted by molar-refractivity contribution is 0.407. The average molecular weight is 239 g/mol. The van der Waals surface area contributed by atoms with Gasteiger partial charge in [0.05, 0.1) is 6.33 Å². The molecule has 3 heteroatoms. The van der Waals surface area contributed by atoms with Crippen LogP contribution in [0.25, 0.3) is 5.69 Å². The highest BCUT2D eigenvalue weighted by molar-refractivity contribution is 5.59. The number of aromatic nitrogens is 2. The van der Waals surface area contributed by atoms with Crippen LogP contribution in [0, 0.1) is 0 Å². The fourth-order valence-corrected chi connectivity index (χ4v) is 2.97. The van der Waals surface area contributed by atoms with Gasteiger partial charge in [0.2, 0.25) is 0 Å². The van der Waals surface area contributed by atoms with Crippen molar-refractivity contribution >= 4 is 5.69 Å². The van der Waals surface area contributed by atoms with Gasteiger partial charge in [0, 0.05) is 35.7 Å². The summed E-state index contributed by atoms with van der Waals surface area (Å²) >= 11 is 0. The van der Waals surface area contributed by atoms with Gasteiger partial charge in [-0.2, -0.15) is 0 Å². The maximum absolute atomic E-state index is 4.34. The van der Waals surface area contributed by atoms with E-state index in [0.29, 0.717) is 0 Å². The number of benzene rings is 1. The molecule has 1 aliphatic heterocycles. The van der Waals surface area contributed by atoms with Crippen LogP contribution < -0.4 is 5.32 Å². The molecule has 2 aliphatic rings. The molecule has 18 heavy (non-hydrogen) atoms. The number of fused-ring (bicyclic) bond motifs is 1. The molecule has 0 saturated heterocycles. The Kier molecular flexibility index (Phi) is 2.19. The highest BCUT2D eigenvalue weighted by Gasteiger charge is 2.23. The summed E-state index contributed by atoms with van der Waals surface area (Å²) in [6, 6.07) is 6.70. The predicted molar refractivity (Wildman–Crippen MR) is 72.3 cm³/mol. The lowest BCUT2D eigenvalue weighted by Gasteiger charge is -2.26. The van der Waals surface area contributed by atoms with Crippen LogP contribution in [0.15, 0.2) is 30.7 Å². The summed E-state index contributed by atoms with van der Waals surface area (Å²) in [5.41, 5.74) is 5.37. The van der Waals surface area contributed by atoms with Crippen molar-refractivity contribution in [3.8, 4) is 5.69 Å². The molecule has 1 fully saturated rings. The number of imidazole rings is 1. The largest absolute Gasteiger partial charge is 0.384 e. The zero-order valence-corrected chi connectivity index (χ0v) is 10.4. The predicted octanol–water partition coefficient (Wildman–Crippen LogP) is 3.11. The SMILES string of the molecule is c1cc2c(cc1-n1cncc1C1CCC1)CCN2. The van der Waals surface area contributed by atoms with E-state index >= 15 is 0 Å². The number of rotatable bonds is 2. The van der Waals surface area contributed by atoms with Crippen molar-refractivity contribution in [2.75, 3.05) is 11.9 Å². The van der Waals surface area contributed by atoms with Gasteiger partial charge in [-0.15, -0.1) is 0 Å². The minimum atomic E-state index is 0.721. The second kappa shape index (κ2) is 3.87. The standard InChI is InChI=1S/C15H17N3/c1-2-11(3-1)15-9-16-10-18(15)13-4-5-14-12(8-13)6-7-17-14/h4-5,8-11,17H,1-3,6-7H2. The van der Waals surface area contributed by atoms with Crippen LogP contribution in [0.5, 0.6) is 0 Å². The molecule has 0 unspecified atom stereocenters. The zero-order chi connectivity index (χ0) is 11.9. The molecule has 0 spiro atoms. The van der Waals surface area contributed by atoms with Crippen LogP contribution in [-0.4, -0.2) is 16.1 Å². The number of hydrogen-bond acceptors (Lipinski definition) is 2. The van der Waals surface area contributed by atoms with Crippen LogP contribution in [0.4, 0.5) is 5.69 Å². The van der Waals surface area contributed by atoms with Gasteiger partial charge < -0.3 is 9.88 Å². The quantitative estimate of drug-likeness (QED) is 0.872. The van der Waals surface area contributed by atoms with Gasteiger partial charge in [-0.05, 0) is 43.0 Å². The summed E-state index contributed by atoms with van der Waals surface area (Å²) in [5, 5.41) is 3.41. The number of anilines is 1. The van der Waals surface area contributed by atoms with Gasteiger partial charge in [-0.25, -0.2) is 4.98 Å². The average Bonchev–Trinajstić information content (AvgIpc) is 2.93. The molecule has 1 aliphatic carbocycles. The fraction of sp³-hybridized carbons (Fsp3) is 0.400. The molecular weight excluding hydrogens is 222 g/mol. The Hall–Kier alpha value is -1.77. The van der Waals surface area contributed by atoms with Crippen LogP contribution in [-0.2, 0) is 6.42 Å². The normalized spacial score (nSPS) is 18.2. The van der Waals surface area contributed by atoms with Gasteiger partial charge >= 0.3 is 0 Å². The summed E-state index contributed by atoms with van der Waals surface area (Å²) in [7, 11) is 0. The van der Waals surface area contributed by atoms with E-state index in [-0.39, 0.29) is 0 Å². The molecule has 2 heterocycles. The molecule has 0 bridgehead atoms. The summed E-state index contributed by atoms with van der Waals surface area (Å²) in [6.07, 6.45) is 9.13. The summed E-state index contributed by atoms with van der Waals surface area (Å²) in [4.78, 5) is 4.34. The molecule has 1 aromatic carbocycles. The van der Waals surface area contributed by atoms with Crippen molar-refractivity contribution in [3.63, 3.8) is 0 Å². The zero-order valence-electron chi connectivity index (χ0n) is 10.4. The molecule has 4 rings (SSSR count). The topological polar surface area (TPSA) is 29.9 Å². The van der Waals surface area contributed by atoms with E-state index in [1.807, 2.05) is 12.5 Å². The van der Waals surface area contributed by atoms with Crippen LogP contribution in [0.1, 0.15) is 36.4 Å². The molecule has 1 aromatic heterocycles. The minimum absolute atomic E-state index is 0.721. The Morgan fingerprint density at radius 1 is 1.28 bits per heavy atom. The van der Waals surface area contributed by atoms with Gasteiger partial charge in [-0.3, -0.25) is 0 Å². The molecule has 0 atom stereocenters. The lowest BCUT2D eigenvalue weighted by Crippen LogP contribution is -2.13. The summed E-state index contributed by atoms with van der Waals surface area (Å²) in [5.74, 6) is 0.721. The first-order valence-electron chi connectivity index (χ1n) is 6.81. The second-order valence-electron chi connectivity index (χ2n) is 5.33. The molecule has 3 nitrogen and oxygen atoms in total. The van der Waals surface area contributed by atoms with Gasteiger partial charge in [-0.1, -0.05) is 6.42 Å². The van der Waals surface area contributed by atoms with Crippen molar-refractivity contribution in [2.45, 2.75) is 31.6 Å². The Labute approximate surface area is 107 Å². The number of nitrogens with zero attached hydrogens (tertiary/aromatic N) is 2. The third kappa shape index (κ3) is 1.47. The molecule has 0 radical (unpaired) electrons. The molecule has 1 N–H and O–H groups in total. The van der Waals surface area contributed by atoms with E-state index in [1.54, 1.807) is 0 Å². The Balaban J connectivity index is 1.76. The smallest absolute Gasteiger partial charge is 0.0994 e. The van der Waals surface area contributed by atoms with Crippen molar-refractivity contribution in [1.29, 1.82) is 0 Å². The molecule has 92 valence electrons. The molecule has 1 saturated carbocycles. The summed E-state index contributed by atoms with van der Waals surface area (Å²) < 4.78 is 2.27. The highest BCUT2D eigenvalue weighted by Crippen LogP contribution is 2.37. The monoisotopic (exact) mass is 239 g/mol. The van der Waals surface area contributed by atoms with Gasteiger partial charge in [0.25, 0.3) is 0 Å². The van der Waals surface area contributed by atoms with Crippen LogP contribution in [0.2, 0.25) is 0 Å². The molecular formula is C15H17N3. The Morgan fingerprint density at radius 2 is 2.22 bits per heavy atom. The van der Waals surface area contributed by atoms with Gasteiger partial charge in [0.1, 0.15) is 0 Å². The minimum Gasteiger partial charge on any atom is -0.384 e. The van der Waals surface area contributed by atoms with Crippen LogP contribution in [0.3, 0.4) is 0 Å². The van der Waals surface area contributed by atoms with Crippen molar-refractivity contribution in [2.24, 2.45) is 0 Å². The number of nitrogens with one attached hydrogen (secondary N) is 1. The highest BCUT2D eigenvalue weighted by atomic mass is 15.1. The first kappa shape index (κ1) is 10.2. The third-order valence-corrected chi connectivity index (χ3v) is 4.27. The van der Waals surface area contributed by atoms with E-state index in [1.165, 1.54) is 41.9 Å². The van der Waals surface area contributed by atoms with E-state index in [4.69, 9.17) is 0 Å². The Morgan fingerprint density at radius 3 is 3.06 bits per heavy atom. The second-order valence-corrected chi connectivity index (χ2v) is 5.33. The lowest BCUT2D eigenvalue weighted by atomic mass is 9.83. The Bertz CT molecular complexity index is 581. The summed E-state index contributed by atoms with van der Waals surface area (Å²) in [6.45, 7) is 1.07. The van der Waals surface area contributed by atoms with E-state index < -0.39 is 0 Å². The van der Waals surface area contributed by atoms with E-state index in [2.05, 4.69) is 33.1 Å². The van der Waals surface area contributed by atoms with Crippen molar-refractivity contribution < 1.29 is 0 Å². The molecule has 2 aromatic rings. The number of hydrogen-bond donors (Lipinski definition) is 1. The first-order chi connectivity index (χ1) is 8.92. The van der Waals surface area contributed by atoms with E-state index in [9.17, 15) is 0 Å². The van der Waals surface area contributed by atoms with Crippen molar-refractivity contribution in [1.82, 2.24) is 9.55 Å². The van der Waals surface area contributed by atoms with Crippen LogP contribution >= 0.6 is 0 Å². The molecule has 0 amide bonds. The van der Waals surface area contributed by atoms with Crippen molar-refractivity contribution in [3.05, 3.63) is 42.0 Å². The third-order valence-electron chi connectivity index (χ3n) is 4.27. The maximum atomic E-state index is 4.34. The van der Waals surface area contributed by atoms with E-state index in [0.717, 1.165) is 18.9 Å². The fourth-order valence-electron chi connectivity index (χ4n) is 2.97. The maximum Gasteiger partial charge on any atom is 0.0994 e.